The summed E-state index contributed by atoms with van der Waals surface area (Å²) in [5, 5.41) is 0. The first-order chi connectivity index (χ1) is 17.7. The van der Waals surface area contributed by atoms with Gasteiger partial charge in [-0.2, -0.15) is 0 Å². The maximum atomic E-state index is 12.4. The molecule has 0 radical (unpaired) electrons. The standard InChI is InChI=1S/C33H52N2OS/c1-5-24-22-27-28-17-14-25(10-6-7-11-30(36)35-37-26-15-12-23(2)13-16-26)31(28,3)21-18-29(27)32(4)19-8-9-20-33(24,32)34/h12-13,15-16,24-25,27-29H,5-11,14,17-22,34H2,1-4H3,(H,35,36)/t24-,25?,27-,28?,29?,31?,32+,33+/m0/s1. The van der Waals surface area contributed by atoms with Gasteiger partial charge in [0.05, 0.1) is 0 Å². The van der Waals surface area contributed by atoms with E-state index in [2.05, 4.69) is 56.7 Å². The van der Waals surface area contributed by atoms with Crippen molar-refractivity contribution < 1.29 is 4.79 Å². The van der Waals surface area contributed by atoms with Crippen LogP contribution >= 0.6 is 11.9 Å². The second-order valence-electron chi connectivity index (χ2n) is 13.9. The molecule has 206 valence electrons. The predicted octanol–water partition coefficient (Wildman–Crippen LogP) is 8.45. The summed E-state index contributed by atoms with van der Waals surface area (Å²) in [6.45, 7) is 9.77. The lowest BCUT2D eigenvalue weighted by molar-refractivity contribution is -0.148. The minimum absolute atomic E-state index is 0.0746. The van der Waals surface area contributed by atoms with Crippen LogP contribution in [0, 0.1) is 47.3 Å². The van der Waals surface area contributed by atoms with Gasteiger partial charge < -0.3 is 5.73 Å². The number of hydrogen-bond acceptors (Lipinski definition) is 3. The van der Waals surface area contributed by atoms with Crippen molar-refractivity contribution in [1.82, 2.24) is 4.72 Å². The fraction of sp³-hybridized carbons (Fsp3) is 0.788. The van der Waals surface area contributed by atoms with Crippen molar-refractivity contribution in [3.05, 3.63) is 29.8 Å². The Morgan fingerprint density at radius 2 is 1.76 bits per heavy atom. The van der Waals surface area contributed by atoms with Crippen LogP contribution in [0.25, 0.3) is 0 Å². The van der Waals surface area contributed by atoms with Gasteiger partial charge >= 0.3 is 0 Å². The lowest BCUT2D eigenvalue weighted by atomic mass is 9.40. The highest BCUT2D eigenvalue weighted by atomic mass is 32.2. The Labute approximate surface area is 231 Å². The molecule has 0 heterocycles. The van der Waals surface area contributed by atoms with E-state index in [1.807, 2.05) is 0 Å². The van der Waals surface area contributed by atoms with Gasteiger partial charge in [0.15, 0.2) is 0 Å². The number of unbranched alkanes of at least 4 members (excludes halogenated alkanes) is 1. The number of hydrogen-bond donors (Lipinski definition) is 2. The molecule has 4 unspecified atom stereocenters. The van der Waals surface area contributed by atoms with Gasteiger partial charge in [-0.15, -0.1) is 0 Å². The Balaban J connectivity index is 1.14. The number of amides is 1. The molecule has 0 aliphatic heterocycles. The van der Waals surface area contributed by atoms with Gasteiger partial charge in [-0.25, -0.2) is 0 Å². The third-order valence-electron chi connectivity index (χ3n) is 12.3. The van der Waals surface area contributed by atoms with Crippen LogP contribution in [0.1, 0.15) is 116 Å². The zero-order chi connectivity index (χ0) is 26.3. The molecule has 4 heteroatoms. The van der Waals surface area contributed by atoms with Gasteiger partial charge in [0.2, 0.25) is 5.91 Å². The van der Waals surface area contributed by atoms with Gasteiger partial charge in [0, 0.05) is 16.9 Å². The van der Waals surface area contributed by atoms with Gasteiger partial charge in [-0.1, -0.05) is 64.2 Å². The lowest BCUT2D eigenvalue weighted by Crippen LogP contribution is -2.69. The largest absolute Gasteiger partial charge is 0.324 e. The van der Waals surface area contributed by atoms with Crippen LogP contribution in [-0.2, 0) is 4.79 Å². The van der Waals surface area contributed by atoms with Crippen LogP contribution in [0.15, 0.2) is 29.2 Å². The van der Waals surface area contributed by atoms with Crippen LogP contribution in [0.5, 0.6) is 0 Å². The number of fused-ring (bicyclic) bond motifs is 5. The normalized spacial score (nSPS) is 40.9. The Bertz CT molecular complexity index is 948. The molecule has 3 N–H and O–H groups in total. The number of carbonyl (C=O) groups excluding carboxylic acids is 1. The molecule has 4 aliphatic carbocycles. The molecule has 4 saturated carbocycles. The molecular weight excluding hydrogens is 472 g/mol. The van der Waals surface area contributed by atoms with E-state index in [0.29, 0.717) is 23.2 Å². The van der Waals surface area contributed by atoms with Crippen LogP contribution in [0.3, 0.4) is 0 Å². The van der Waals surface area contributed by atoms with Crippen molar-refractivity contribution in [2.24, 2.45) is 46.2 Å². The number of benzene rings is 1. The molecule has 1 aromatic carbocycles. The fourth-order valence-corrected chi connectivity index (χ4v) is 10.7. The van der Waals surface area contributed by atoms with Crippen LogP contribution in [0.2, 0.25) is 0 Å². The molecule has 4 fully saturated rings. The highest BCUT2D eigenvalue weighted by Gasteiger charge is 2.65. The van der Waals surface area contributed by atoms with E-state index in [4.69, 9.17) is 5.73 Å². The quantitative estimate of drug-likeness (QED) is 0.265. The first-order valence-electron chi connectivity index (χ1n) is 15.5. The first-order valence-corrected chi connectivity index (χ1v) is 16.3. The molecule has 0 saturated heterocycles. The van der Waals surface area contributed by atoms with Gasteiger partial charge in [-0.3, -0.25) is 9.52 Å². The molecule has 0 aromatic heterocycles. The number of aryl methyl sites for hydroxylation is 1. The van der Waals surface area contributed by atoms with Crippen molar-refractivity contribution in [3.63, 3.8) is 0 Å². The summed E-state index contributed by atoms with van der Waals surface area (Å²) in [5.74, 6) is 4.33. The molecule has 1 amide bonds. The highest BCUT2D eigenvalue weighted by molar-refractivity contribution is 7.98. The van der Waals surface area contributed by atoms with Crippen molar-refractivity contribution in [2.45, 2.75) is 128 Å². The average molecular weight is 525 g/mol. The smallest absolute Gasteiger partial charge is 0.230 e. The van der Waals surface area contributed by atoms with Gasteiger partial charge in [0.25, 0.3) is 0 Å². The number of nitrogens with two attached hydrogens (primary N) is 1. The summed E-state index contributed by atoms with van der Waals surface area (Å²) in [6.07, 6.45) is 17.8. The first kappa shape index (κ1) is 27.6. The lowest BCUT2D eigenvalue weighted by Gasteiger charge is -2.67. The van der Waals surface area contributed by atoms with Crippen molar-refractivity contribution in [3.8, 4) is 0 Å². The molecule has 3 nitrogen and oxygen atoms in total. The number of carbonyl (C=O) groups is 1. The van der Waals surface area contributed by atoms with Gasteiger partial charge in [-0.05, 0) is 129 Å². The number of nitrogens with one attached hydrogen (secondary N) is 1. The third-order valence-corrected chi connectivity index (χ3v) is 13.2. The van der Waals surface area contributed by atoms with E-state index < -0.39 is 0 Å². The highest BCUT2D eigenvalue weighted by Crippen LogP contribution is 2.69. The van der Waals surface area contributed by atoms with E-state index in [1.165, 1.54) is 94.6 Å². The summed E-state index contributed by atoms with van der Waals surface area (Å²) in [6, 6.07) is 8.33. The molecule has 1 aromatic rings. The van der Waals surface area contributed by atoms with E-state index in [-0.39, 0.29) is 11.4 Å². The summed E-state index contributed by atoms with van der Waals surface area (Å²) in [5.41, 5.74) is 9.56. The topological polar surface area (TPSA) is 55.1 Å². The zero-order valence-electron chi connectivity index (χ0n) is 24.0. The molecule has 37 heavy (non-hydrogen) atoms. The minimum atomic E-state index is 0.0746. The van der Waals surface area contributed by atoms with E-state index in [9.17, 15) is 4.79 Å². The van der Waals surface area contributed by atoms with E-state index >= 15 is 0 Å². The maximum Gasteiger partial charge on any atom is 0.230 e. The van der Waals surface area contributed by atoms with Crippen molar-refractivity contribution in [1.29, 1.82) is 0 Å². The van der Waals surface area contributed by atoms with Crippen LogP contribution in [-0.4, -0.2) is 11.4 Å². The van der Waals surface area contributed by atoms with Gasteiger partial charge in [0.1, 0.15) is 0 Å². The fourth-order valence-electron chi connectivity index (χ4n) is 10.1. The average Bonchev–Trinajstić information content (AvgIpc) is 3.22. The Morgan fingerprint density at radius 1 is 1.00 bits per heavy atom. The maximum absolute atomic E-state index is 12.4. The molecule has 5 rings (SSSR count). The summed E-state index contributed by atoms with van der Waals surface area (Å²) in [7, 11) is 0. The summed E-state index contributed by atoms with van der Waals surface area (Å²) >= 11 is 1.45. The predicted molar refractivity (Wildman–Crippen MR) is 156 cm³/mol. The van der Waals surface area contributed by atoms with Crippen molar-refractivity contribution in [2.75, 3.05) is 0 Å². The summed E-state index contributed by atoms with van der Waals surface area (Å²) < 4.78 is 3.04. The monoisotopic (exact) mass is 524 g/mol. The van der Waals surface area contributed by atoms with Crippen molar-refractivity contribution >= 4 is 17.9 Å². The number of rotatable bonds is 8. The second kappa shape index (κ2) is 10.9. The Morgan fingerprint density at radius 3 is 2.51 bits per heavy atom. The van der Waals surface area contributed by atoms with Crippen LogP contribution in [0.4, 0.5) is 0 Å². The Hall–Kier alpha value is -1.00. The van der Waals surface area contributed by atoms with E-state index in [1.54, 1.807) is 0 Å². The molecule has 0 spiro atoms. The molecular formula is C33H52N2OS. The summed E-state index contributed by atoms with van der Waals surface area (Å²) in [4.78, 5) is 13.5. The molecule has 8 atom stereocenters. The van der Waals surface area contributed by atoms with Crippen LogP contribution < -0.4 is 10.5 Å². The molecule has 0 bridgehead atoms. The third kappa shape index (κ3) is 4.92. The Kier molecular flexibility index (Phi) is 8.10. The SMILES string of the molecule is CC[C@H]1C[C@H]2C3CCC(CCCCC(=O)NSc4ccc(C)cc4)C3(C)CCC2[C@@]2(C)CCCC[C@@]12N. The molecule has 4 aliphatic rings. The zero-order valence-corrected chi connectivity index (χ0v) is 24.8. The van der Waals surface area contributed by atoms with E-state index in [0.717, 1.165) is 35.0 Å². The second-order valence-corrected chi connectivity index (χ2v) is 14.8. The minimum Gasteiger partial charge on any atom is -0.324 e.